The van der Waals surface area contributed by atoms with Gasteiger partial charge >= 0.3 is 12.4 Å². The van der Waals surface area contributed by atoms with Gasteiger partial charge in [-0.05, 0) is 48.4 Å². The van der Waals surface area contributed by atoms with E-state index in [1.54, 1.807) is 0 Å². The fraction of sp³-hybridized carbons (Fsp3) is 0.227. The van der Waals surface area contributed by atoms with Crippen molar-refractivity contribution in [3.8, 4) is 0 Å². The highest BCUT2D eigenvalue weighted by atomic mass is 32.2. The highest BCUT2D eigenvalue weighted by molar-refractivity contribution is 7.91. The Hall–Kier alpha value is -3.28. The number of alkyl halides is 6. The number of rotatable bonds is 7. The molecular formula is C22H20F6N2O3S. The van der Waals surface area contributed by atoms with Crippen molar-refractivity contribution in [3.63, 3.8) is 0 Å². The number of nitrogens with two attached hydrogens (primary N) is 1. The third-order valence-electron chi connectivity index (χ3n) is 4.63. The SMILES string of the molecule is CC/C(=C\C=C(/N)C(=O)NCc1ccc(S(=O)(=O)c2cccc(C(F)(F)F)c2)cc1)C(F)(F)F. The Morgan fingerprint density at radius 1 is 0.971 bits per heavy atom. The zero-order valence-electron chi connectivity index (χ0n) is 17.7. The summed E-state index contributed by atoms with van der Waals surface area (Å²) in [5, 5.41) is 2.38. The minimum atomic E-state index is -4.70. The summed E-state index contributed by atoms with van der Waals surface area (Å²) in [6, 6.07) is 8.32. The number of amides is 1. The molecular weight excluding hydrogens is 486 g/mol. The molecule has 2 rings (SSSR count). The van der Waals surface area contributed by atoms with Gasteiger partial charge in [0, 0.05) is 12.1 Å². The van der Waals surface area contributed by atoms with Crippen LogP contribution in [0.25, 0.3) is 0 Å². The molecule has 0 bridgehead atoms. The predicted molar refractivity (Wildman–Crippen MR) is 112 cm³/mol. The molecule has 0 unspecified atom stereocenters. The second kappa shape index (κ2) is 10.3. The molecule has 0 saturated carbocycles. The molecule has 0 aliphatic rings. The van der Waals surface area contributed by atoms with Gasteiger partial charge in [-0.2, -0.15) is 26.3 Å². The number of allylic oxidation sites excluding steroid dienone is 3. The van der Waals surface area contributed by atoms with Crippen LogP contribution < -0.4 is 11.1 Å². The molecule has 0 atom stereocenters. The number of carbonyl (C=O) groups excluding carboxylic acids is 1. The average Bonchev–Trinajstić information content (AvgIpc) is 2.76. The Kier molecular flexibility index (Phi) is 8.19. The second-order valence-electron chi connectivity index (χ2n) is 7.02. The minimum absolute atomic E-state index is 0.124. The van der Waals surface area contributed by atoms with Crippen LogP contribution in [-0.2, 0) is 27.4 Å². The Bertz CT molecular complexity index is 1200. The first-order valence-electron chi connectivity index (χ1n) is 9.69. The highest BCUT2D eigenvalue weighted by Crippen LogP contribution is 2.32. The Balaban J connectivity index is 2.11. The van der Waals surface area contributed by atoms with Crippen LogP contribution in [0.3, 0.4) is 0 Å². The maximum Gasteiger partial charge on any atom is 0.416 e. The average molecular weight is 506 g/mol. The van der Waals surface area contributed by atoms with Gasteiger partial charge in [-0.1, -0.05) is 31.2 Å². The lowest BCUT2D eigenvalue weighted by atomic mass is 10.1. The molecule has 0 spiro atoms. The van der Waals surface area contributed by atoms with Crippen molar-refractivity contribution in [2.24, 2.45) is 5.73 Å². The fourth-order valence-corrected chi connectivity index (χ4v) is 4.03. The van der Waals surface area contributed by atoms with E-state index < -0.39 is 49.8 Å². The van der Waals surface area contributed by atoms with Crippen molar-refractivity contribution in [3.05, 3.63) is 83.1 Å². The van der Waals surface area contributed by atoms with Crippen molar-refractivity contribution in [1.29, 1.82) is 0 Å². The molecule has 0 aliphatic heterocycles. The van der Waals surface area contributed by atoms with Crippen LogP contribution in [0.1, 0.15) is 24.5 Å². The van der Waals surface area contributed by atoms with E-state index in [1.165, 1.54) is 19.1 Å². The van der Waals surface area contributed by atoms with Crippen LogP contribution in [-0.4, -0.2) is 20.5 Å². The summed E-state index contributed by atoms with van der Waals surface area (Å²) in [7, 11) is -4.23. The van der Waals surface area contributed by atoms with Gasteiger partial charge < -0.3 is 11.1 Å². The van der Waals surface area contributed by atoms with E-state index >= 15 is 0 Å². The summed E-state index contributed by atoms with van der Waals surface area (Å²) in [6.45, 7) is 1.18. The van der Waals surface area contributed by atoms with Crippen molar-refractivity contribution < 1.29 is 39.6 Å². The van der Waals surface area contributed by atoms with Gasteiger partial charge in [-0.15, -0.1) is 0 Å². The lowest BCUT2D eigenvalue weighted by Crippen LogP contribution is -2.28. The standard InChI is InChI=1S/C22H20F6N2O3S/c1-2-15(21(23,24)25)8-11-19(29)20(31)30-13-14-6-9-17(10-7-14)34(32,33)18-5-3-4-16(12-18)22(26,27)28/h3-12H,2,13,29H2,1H3,(H,30,31)/b15-8+,19-11-. The van der Waals surface area contributed by atoms with Crippen LogP contribution in [0.15, 0.2) is 81.7 Å². The Morgan fingerprint density at radius 3 is 2.12 bits per heavy atom. The summed E-state index contributed by atoms with van der Waals surface area (Å²) >= 11 is 0. The predicted octanol–water partition coefficient (Wildman–Crippen LogP) is 4.90. The molecule has 5 nitrogen and oxygen atoms in total. The number of halogens is 6. The first-order valence-corrected chi connectivity index (χ1v) is 11.2. The summed E-state index contributed by atoms with van der Waals surface area (Å²) in [5.74, 6) is -0.838. The Morgan fingerprint density at radius 2 is 1.59 bits per heavy atom. The lowest BCUT2D eigenvalue weighted by Gasteiger charge is -2.10. The number of hydrogen-bond acceptors (Lipinski definition) is 4. The quantitative estimate of drug-likeness (QED) is 0.318. The van der Waals surface area contributed by atoms with E-state index in [9.17, 15) is 39.6 Å². The van der Waals surface area contributed by atoms with Crippen molar-refractivity contribution in [2.45, 2.75) is 42.0 Å². The van der Waals surface area contributed by atoms with Crippen LogP contribution in [0.4, 0.5) is 26.3 Å². The molecule has 0 aromatic heterocycles. The van der Waals surface area contributed by atoms with E-state index in [0.717, 1.165) is 36.4 Å². The summed E-state index contributed by atoms with van der Waals surface area (Å²) < 4.78 is 102. The van der Waals surface area contributed by atoms with Crippen molar-refractivity contribution >= 4 is 15.7 Å². The number of carbonyl (C=O) groups is 1. The van der Waals surface area contributed by atoms with E-state index in [4.69, 9.17) is 5.73 Å². The summed E-state index contributed by atoms with van der Waals surface area (Å²) in [4.78, 5) is 11.2. The molecule has 0 aliphatic carbocycles. The van der Waals surface area contributed by atoms with E-state index in [0.29, 0.717) is 17.7 Å². The van der Waals surface area contributed by atoms with Gasteiger partial charge in [0.2, 0.25) is 9.84 Å². The fourth-order valence-electron chi connectivity index (χ4n) is 2.73. The number of sulfone groups is 1. The molecule has 2 aromatic rings. The van der Waals surface area contributed by atoms with E-state index in [1.807, 2.05) is 0 Å². The molecule has 184 valence electrons. The zero-order valence-corrected chi connectivity index (χ0v) is 18.5. The summed E-state index contributed by atoms with van der Waals surface area (Å²) in [5.41, 5.74) is 3.49. The van der Waals surface area contributed by atoms with Gasteiger partial charge in [0.1, 0.15) is 0 Å². The van der Waals surface area contributed by atoms with Crippen LogP contribution >= 0.6 is 0 Å². The first kappa shape index (κ1) is 27.0. The molecule has 0 heterocycles. The van der Waals surface area contributed by atoms with Gasteiger partial charge in [-0.25, -0.2) is 8.42 Å². The van der Waals surface area contributed by atoms with E-state index in [2.05, 4.69) is 5.32 Å². The molecule has 34 heavy (non-hydrogen) atoms. The van der Waals surface area contributed by atoms with Gasteiger partial charge in [0.15, 0.2) is 0 Å². The summed E-state index contributed by atoms with van der Waals surface area (Å²) in [6.07, 6.45) is -8.00. The van der Waals surface area contributed by atoms with Crippen LogP contribution in [0, 0.1) is 0 Å². The third kappa shape index (κ3) is 6.86. The number of benzene rings is 2. The topological polar surface area (TPSA) is 89.3 Å². The monoisotopic (exact) mass is 506 g/mol. The minimum Gasteiger partial charge on any atom is -0.394 e. The second-order valence-corrected chi connectivity index (χ2v) is 8.97. The van der Waals surface area contributed by atoms with Crippen molar-refractivity contribution in [2.75, 3.05) is 0 Å². The largest absolute Gasteiger partial charge is 0.416 e. The van der Waals surface area contributed by atoms with Gasteiger partial charge in [0.05, 0.1) is 21.1 Å². The van der Waals surface area contributed by atoms with Gasteiger partial charge in [0.25, 0.3) is 5.91 Å². The molecule has 1 amide bonds. The first-order chi connectivity index (χ1) is 15.7. The highest BCUT2D eigenvalue weighted by Gasteiger charge is 2.32. The lowest BCUT2D eigenvalue weighted by molar-refractivity contribution is -0.137. The molecule has 3 N–H and O–H groups in total. The normalized spacial score (nSPS) is 13.6. The van der Waals surface area contributed by atoms with Crippen molar-refractivity contribution in [1.82, 2.24) is 5.32 Å². The smallest absolute Gasteiger partial charge is 0.394 e. The molecule has 0 fully saturated rings. The third-order valence-corrected chi connectivity index (χ3v) is 6.40. The molecule has 0 saturated heterocycles. The Labute approximate surface area is 191 Å². The molecule has 12 heteroatoms. The van der Waals surface area contributed by atoms with Gasteiger partial charge in [-0.3, -0.25) is 4.79 Å². The zero-order chi connectivity index (χ0) is 25.7. The van der Waals surface area contributed by atoms with Crippen LogP contribution in [0.5, 0.6) is 0 Å². The molecule has 0 radical (unpaired) electrons. The number of hydrogen-bond donors (Lipinski definition) is 2. The maximum atomic E-state index is 12.9. The number of nitrogens with one attached hydrogen (secondary N) is 1. The molecule has 2 aromatic carbocycles. The van der Waals surface area contributed by atoms with Crippen LogP contribution in [0.2, 0.25) is 0 Å². The maximum absolute atomic E-state index is 12.9. The van der Waals surface area contributed by atoms with E-state index in [-0.39, 0.29) is 17.9 Å².